The van der Waals surface area contributed by atoms with Gasteiger partial charge in [-0.1, -0.05) is 66.7 Å². The highest BCUT2D eigenvalue weighted by atomic mass is 16.6. The van der Waals surface area contributed by atoms with Crippen LogP contribution in [0.15, 0.2) is 84.9 Å². The van der Waals surface area contributed by atoms with E-state index < -0.39 is 12.1 Å². The number of rotatable bonds is 6. The standard InChI is InChI=1S/C25H23NO4/c27-23(26-17-9-13-19-10-7-8-16-22(19)26)18-29-25(28)24(20-11-3-1-4-12-20)30-21-14-5-2-6-15-21/h1-8,10-12,14-16,24H,9,13,17-18H2. The van der Waals surface area contributed by atoms with Crippen molar-refractivity contribution >= 4 is 17.6 Å². The van der Waals surface area contributed by atoms with Crippen LogP contribution >= 0.6 is 0 Å². The normalized spacial score (nSPS) is 13.8. The molecule has 3 aromatic rings. The summed E-state index contributed by atoms with van der Waals surface area (Å²) in [5, 5.41) is 0. The second-order valence-corrected chi connectivity index (χ2v) is 7.11. The Morgan fingerprint density at radius 1 is 0.867 bits per heavy atom. The molecule has 4 rings (SSSR count). The van der Waals surface area contributed by atoms with E-state index in [1.807, 2.05) is 60.7 Å². The summed E-state index contributed by atoms with van der Waals surface area (Å²) in [4.78, 5) is 27.3. The van der Waals surface area contributed by atoms with E-state index in [1.54, 1.807) is 29.2 Å². The van der Waals surface area contributed by atoms with Crippen LogP contribution < -0.4 is 9.64 Å². The molecule has 3 aromatic carbocycles. The number of carbonyl (C=O) groups is 2. The smallest absolute Gasteiger partial charge is 0.352 e. The Kier molecular flexibility index (Phi) is 6.09. The number of esters is 1. The summed E-state index contributed by atoms with van der Waals surface area (Å²) in [7, 11) is 0. The second-order valence-electron chi connectivity index (χ2n) is 7.11. The monoisotopic (exact) mass is 401 g/mol. The first kappa shape index (κ1) is 19.7. The molecular weight excluding hydrogens is 378 g/mol. The van der Waals surface area contributed by atoms with Gasteiger partial charge in [-0.05, 0) is 36.6 Å². The zero-order valence-electron chi connectivity index (χ0n) is 16.6. The number of amides is 1. The molecule has 5 nitrogen and oxygen atoms in total. The number of aryl methyl sites for hydroxylation is 1. The average Bonchev–Trinajstić information content (AvgIpc) is 2.81. The number of nitrogens with zero attached hydrogens (tertiary/aromatic N) is 1. The largest absolute Gasteiger partial charge is 0.474 e. The van der Waals surface area contributed by atoms with Crippen molar-refractivity contribution in [1.29, 1.82) is 0 Å². The fourth-order valence-electron chi connectivity index (χ4n) is 3.59. The Bertz CT molecular complexity index is 1000. The molecule has 0 bridgehead atoms. The number of hydrogen-bond donors (Lipinski definition) is 0. The van der Waals surface area contributed by atoms with E-state index in [0.29, 0.717) is 17.9 Å². The topological polar surface area (TPSA) is 55.8 Å². The number of anilines is 1. The van der Waals surface area contributed by atoms with Gasteiger partial charge in [0.25, 0.3) is 5.91 Å². The zero-order chi connectivity index (χ0) is 20.8. The number of hydrogen-bond acceptors (Lipinski definition) is 4. The van der Waals surface area contributed by atoms with E-state index in [-0.39, 0.29) is 12.5 Å². The minimum atomic E-state index is -0.949. The Morgan fingerprint density at radius 3 is 2.30 bits per heavy atom. The van der Waals surface area contributed by atoms with E-state index in [1.165, 1.54) is 0 Å². The average molecular weight is 401 g/mol. The van der Waals surface area contributed by atoms with Crippen LogP contribution in [-0.2, 0) is 20.7 Å². The van der Waals surface area contributed by atoms with Crippen LogP contribution in [0.2, 0.25) is 0 Å². The second kappa shape index (κ2) is 9.27. The molecule has 1 atom stereocenters. The first-order valence-corrected chi connectivity index (χ1v) is 10.0. The summed E-state index contributed by atoms with van der Waals surface area (Å²) in [5.41, 5.74) is 2.70. The van der Waals surface area contributed by atoms with Crippen LogP contribution in [0.4, 0.5) is 5.69 Å². The highest BCUT2D eigenvalue weighted by Crippen LogP contribution is 2.27. The molecule has 0 radical (unpaired) electrons. The van der Waals surface area contributed by atoms with Crippen LogP contribution in [0.5, 0.6) is 5.75 Å². The van der Waals surface area contributed by atoms with E-state index >= 15 is 0 Å². The summed E-state index contributed by atoms with van der Waals surface area (Å²) in [5.74, 6) is -0.273. The maximum Gasteiger partial charge on any atom is 0.352 e. The van der Waals surface area contributed by atoms with Gasteiger partial charge in [0.15, 0.2) is 6.61 Å². The van der Waals surface area contributed by atoms with Crippen molar-refractivity contribution in [2.75, 3.05) is 18.1 Å². The number of fused-ring (bicyclic) bond motifs is 1. The van der Waals surface area contributed by atoms with Crippen molar-refractivity contribution in [3.8, 4) is 5.75 Å². The summed E-state index contributed by atoms with van der Waals surface area (Å²) < 4.78 is 11.3. The van der Waals surface area contributed by atoms with E-state index in [9.17, 15) is 9.59 Å². The van der Waals surface area contributed by atoms with Gasteiger partial charge in [-0.2, -0.15) is 0 Å². The van der Waals surface area contributed by atoms with Gasteiger partial charge in [0, 0.05) is 17.8 Å². The lowest BCUT2D eigenvalue weighted by molar-refractivity contribution is -0.155. The van der Waals surface area contributed by atoms with Crippen LogP contribution in [0, 0.1) is 0 Å². The van der Waals surface area contributed by atoms with Crippen LogP contribution in [-0.4, -0.2) is 25.0 Å². The molecule has 1 aliphatic heterocycles. The third-order valence-electron chi connectivity index (χ3n) is 5.06. The quantitative estimate of drug-likeness (QED) is 0.577. The molecule has 1 heterocycles. The number of benzene rings is 3. The lowest BCUT2D eigenvalue weighted by atomic mass is 10.0. The number of ether oxygens (including phenoxy) is 2. The van der Waals surface area contributed by atoms with Gasteiger partial charge in [0.2, 0.25) is 6.10 Å². The molecule has 152 valence electrons. The van der Waals surface area contributed by atoms with E-state index in [4.69, 9.17) is 9.47 Å². The maximum atomic E-state index is 12.9. The SMILES string of the molecule is O=C(OCC(=O)N1CCCc2ccccc21)C(Oc1ccccc1)c1ccccc1. The lowest BCUT2D eigenvalue weighted by Gasteiger charge is -2.29. The molecule has 0 aliphatic carbocycles. The molecule has 1 amide bonds. The third kappa shape index (κ3) is 4.51. The van der Waals surface area contributed by atoms with Crippen molar-refractivity contribution in [2.24, 2.45) is 0 Å². The fraction of sp³-hybridized carbons (Fsp3) is 0.200. The predicted molar refractivity (Wildman–Crippen MR) is 114 cm³/mol. The van der Waals surface area contributed by atoms with Gasteiger partial charge in [-0.3, -0.25) is 4.79 Å². The van der Waals surface area contributed by atoms with Gasteiger partial charge >= 0.3 is 5.97 Å². The highest BCUT2D eigenvalue weighted by Gasteiger charge is 2.27. The molecule has 0 saturated carbocycles. The Morgan fingerprint density at radius 2 is 1.53 bits per heavy atom. The van der Waals surface area contributed by atoms with Gasteiger partial charge in [-0.25, -0.2) is 4.79 Å². The fourth-order valence-corrected chi connectivity index (χ4v) is 3.59. The molecule has 0 aromatic heterocycles. The summed E-state index contributed by atoms with van der Waals surface area (Å²) in [6, 6.07) is 26.1. The van der Waals surface area contributed by atoms with Crippen molar-refractivity contribution in [2.45, 2.75) is 18.9 Å². The number of carbonyl (C=O) groups excluding carboxylic acids is 2. The molecule has 0 saturated heterocycles. The molecule has 0 N–H and O–H groups in total. The lowest BCUT2D eigenvalue weighted by Crippen LogP contribution is -2.39. The van der Waals surface area contributed by atoms with Gasteiger partial charge < -0.3 is 14.4 Å². The first-order chi connectivity index (χ1) is 14.7. The van der Waals surface area contributed by atoms with Gasteiger partial charge in [0.05, 0.1) is 0 Å². The van der Waals surface area contributed by atoms with Gasteiger partial charge in [-0.15, -0.1) is 0 Å². The molecule has 0 spiro atoms. The zero-order valence-corrected chi connectivity index (χ0v) is 16.6. The van der Waals surface area contributed by atoms with E-state index in [0.717, 1.165) is 24.1 Å². The predicted octanol–water partition coefficient (Wildman–Crippen LogP) is 4.33. The Balaban J connectivity index is 1.46. The molecular formula is C25H23NO4. The summed E-state index contributed by atoms with van der Waals surface area (Å²) in [6.07, 6.45) is 0.885. The maximum absolute atomic E-state index is 12.9. The van der Waals surface area contributed by atoms with Crippen molar-refractivity contribution < 1.29 is 19.1 Å². The van der Waals surface area contributed by atoms with Crippen LogP contribution in [0.25, 0.3) is 0 Å². The Hall–Kier alpha value is -3.60. The third-order valence-corrected chi connectivity index (χ3v) is 5.06. The minimum Gasteiger partial charge on any atom is -0.474 e. The summed E-state index contributed by atoms with van der Waals surface area (Å²) in [6.45, 7) is 0.296. The molecule has 1 unspecified atom stereocenters. The molecule has 30 heavy (non-hydrogen) atoms. The first-order valence-electron chi connectivity index (χ1n) is 10.0. The van der Waals surface area contributed by atoms with Crippen molar-refractivity contribution in [3.63, 3.8) is 0 Å². The number of para-hydroxylation sites is 2. The van der Waals surface area contributed by atoms with Crippen LogP contribution in [0.1, 0.15) is 23.7 Å². The van der Waals surface area contributed by atoms with Gasteiger partial charge in [0.1, 0.15) is 5.75 Å². The molecule has 5 heteroatoms. The minimum absolute atomic E-state index is 0.234. The van der Waals surface area contributed by atoms with Crippen molar-refractivity contribution in [1.82, 2.24) is 0 Å². The summed E-state index contributed by atoms with van der Waals surface area (Å²) >= 11 is 0. The Labute approximate surface area is 175 Å². The highest BCUT2D eigenvalue weighted by molar-refractivity contribution is 5.96. The molecule has 0 fully saturated rings. The molecule has 1 aliphatic rings. The van der Waals surface area contributed by atoms with Crippen molar-refractivity contribution in [3.05, 3.63) is 96.1 Å². The van der Waals surface area contributed by atoms with Crippen LogP contribution in [0.3, 0.4) is 0 Å². The van der Waals surface area contributed by atoms with E-state index in [2.05, 4.69) is 0 Å².